The summed E-state index contributed by atoms with van der Waals surface area (Å²) in [6.45, 7) is 4.64. The average molecular weight is 315 g/mol. The van der Waals surface area contributed by atoms with Gasteiger partial charge in [0.1, 0.15) is 0 Å². The minimum atomic E-state index is -0.919. The molecule has 1 heterocycles. The first kappa shape index (κ1) is 16.7. The van der Waals surface area contributed by atoms with E-state index in [1.165, 1.54) is 6.20 Å². The number of rotatable bonds is 7. The molecular formula is C17H21N3O3. The first-order valence-corrected chi connectivity index (χ1v) is 7.59. The highest BCUT2D eigenvalue weighted by Crippen LogP contribution is 2.13. The molecule has 0 aliphatic rings. The van der Waals surface area contributed by atoms with E-state index >= 15 is 0 Å². The smallest absolute Gasteiger partial charge is 0.308 e. The van der Waals surface area contributed by atoms with Crippen LogP contribution in [0.1, 0.15) is 28.4 Å². The van der Waals surface area contributed by atoms with Gasteiger partial charge in [-0.3, -0.25) is 14.3 Å². The number of aryl methyl sites for hydroxylation is 2. The Morgan fingerprint density at radius 2 is 2.09 bits per heavy atom. The topological polar surface area (TPSA) is 84.2 Å². The first-order valence-electron chi connectivity index (χ1n) is 7.59. The third kappa shape index (κ3) is 4.42. The molecule has 1 aromatic heterocycles. The number of carbonyl (C=O) groups excluding carboxylic acids is 1. The fourth-order valence-corrected chi connectivity index (χ4v) is 2.32. The molecule has 0 spiro atoms. The Bertz CT molecular complexity index is 694. The maximum atomic E-state index is 12.1. The van der Waals surface area contributed by atoms with E-state index in [1.54, 1.807) is 10.9 Å². The van der Waals surface area contributed by atoms with E-state index in [9.17, 15) is 14.7 Å². The number of aromatic nitrogens is 2. The highest BCUT2D eigenvalue weighted by molar-refractivity contribution is 5.93. The van der Waals surface area contributed by atoms with Crippen molar-refractivity contribution in [3.63, 3.8) is 0 Å². The van der Waals surface area contributed by atoms with Crippen molar-refractivity contribution in [3.8, 4) is 0 Å². The average Bonchev–Trinajstić information content (AvgIpc) is 3.01. The van der Waals surface area contributed by atoms with Gasteiger partial charge in [0.15, 0.2) is 0 Å². The van der Waals surface area contributed by atoms with Gasteiger partial charge in [-0.2, -0.15) is 5.10 Å². The largest absolute Gasteiger partial charge is 0.481 e. The monoisotopic (exact) mass is 315 g/mol. The summed E-state index contributed by atoms with van der Waals surface area (Å²) in [5, 5.41) is 16.1. The Labute approximate surface area is 135 Å². The lowest BCUT2D eigenvalue weighted by molar-refractivity contribution is -0.141. The Hall–Kier alpha value is -2.63. The number of nitrogens with zero attached hydrogens (tertiary/aromatic N) is 2. The maximum Gasteiger partial charge on any atom is 0.308 e. The van der Waals surface area contributed by atoms with Crippen LogP contribution >= 0.6 is 0 Å². The predicted molar refractivity (Wildman–Crippen MR) is 86.2 cm³/mol. The van der Waals surface area contributed by atoms with Gasteiger partial charge in [-0.15, -0.1) is 0 Å². The van der Waals surface area contributed by atoms with Crippen LogP contribution in [0.25, 0.3) is 0 Å². The second kappa shape index (κ2) is 7.58. The van der Waals surface area contributed by atoms with Gasteiger partial charge in [0.05, 0.1) is 17.7 Å². The molecule has 1 aromatic carbocycles. The molecule has 122 valence electrons. The number of hydrogen-bond acceptors (Lipinski definition) is 3. The van der Waals surface area contributed by atoms with E-state index in [0.717, 1.165) is 11.1 Å². The van der Waals surface area contributed by atoms with E-state index in [1.807, 2.05) is 38.1 Å². The predicted octanol–water partition coefficient (Wildman–Crippen LogP) is 1.88. The zero-order chi connectivity index (χ0) is 16.8. The number of carboxylic acid groups (broad SMARTS) is 1. The van der Waals surface area contributed by atoms with Crippen LogP contribution < -0.4 is 5.32 Å². The highest BCUT2D eigenvalue weighted by atomic mass is 16.4. The normalized spacial score (nSPS) is 11.9. The summed E-state index contributed by atoms with van der Waals surface area (Å²) in [6, 6.07) is 7.67. The molecule has 0 fully saturated rings. The molecule has 1 atom stereocenters. The van der Waals surface area contributed by atoms with Crippen molar-refractivity contribution in [1.82, 2.24) is 15.1 Å². The fraction of sp³-hybridized carbons (Fsp3) is 0.353. The van der Waals surface area contributed by atoms with Gasteiger partial charge in [0.2, 0.25) is 0 Å². The van der Waals surface area contributed by atoms with Crippen LogP contribution in [0.5, 0.6) is 0 Å². The Balaban J connectivity index is 1.98. The van der Waals surface area contributed by atoms with Crippen LogP contribution in [-0.2, 0) is 17.8 Å². The van der Waals surface area contributed by atoms with Crippen molar-refractivity contribution in [3.05, 3.63) is 53.3 Å². The number of carboxylic acids is 1. The lowest BCUT2D eigenvalue weighted by Gasteiger charge is -2.14. The molecular weight excluding hydrogens is 294 g/mol. The fourth-order valence-electron chi connectivity index (χ4n) is 2.32. The molecule has 6 nitrogen and oxygen atoms in total. The van der Waals surface area contributed by atoms with Crippen LogP contribution in [-0.4, -0.2) is 33.3 Å². The molecule has 6 heteroatoms. The lowest BCUT2D eigenvalue weighted by atomic mass is 9.96. The molecule has 1 amide bonds. The van der Waals surface area contributed by atoms with Gasteiger partial charge in [-0.1, -0.05) is 24.3 Å². The zero-order valence-corrected chi connectivity index (χ0v) is 13.3. The van der Waals surface area contributed by atoms with Crippen LogP contribution in [0, 0.1) is 12.8 Å². The molecule has 23 heavy (non-hydrogen) atoms. The van der Waals surface area contributed by atoms with Gasteiger partial charge < -0.3 is 10.4 Å². The number of aliphatic carboxylic acids is 1. The zero-order valence-electron chi connectivity index (χ0n) is 13.3. The van der Waals surface area contributed by atoms with Gasteiger partial charge in [0.25, 0.3) is 5.91 Å². The van der Waals surface area contributed by atoms with Crippen molar-refractivity contribution in [2.75, 3.05) is 6.54 Å². The molecule has 2 N–H and O–H groups in total. The Morgan fingerprint density at radius 1 is 1.35 bits per heavy atom. The minimum absolute atomic E-state index is 0.0831. The lowest BCUT2D eigenvalue weighted by Crippen LogP contribution is -2.34. The summed E-state index contributed by atoms with van der Waals surface area (Å²) in [7, 11) is 0. The number of amides is 1. The summed E-state index contributed by atoms with van der Waals surface area (Å²) in [5.41, 5.74) is 2.47. The van der Waals surface area contributed by atoms with Crippen molar-refractivity contribution < 1.29 is 14.7 Å². The van der Waals surface area contributed by atoms with Crippen LogP contribution in [0.2, 0.25) is 0 Å². The van der Waals surface area contributed by atoms with E-state index in [-0.39, 0.29) is 12.5 Å². The Kier molecular flexibility index (Phi) is 5.51. The summed E-state index contributed by atoms with van der Waals surface area (Å²) in [5.74, 6) is -1.89. The maximum absolute atomic E-state index is 12.1. The quantitative estimate of drug-likeness (QED) is 0.817. The standard InChI is InChI=1S/C17H21N3O3/c1-3-20-11-15(10-19-20)16(21)18-9-14(17(22)23)8-13-7-5-4-6-12(13)2/h4-7,10-11,14H,3,8-9H2,1-2H3,(H,18,21)(H,22,23)/t14-/m0/s1. The van der Waals surface area contributed by atoms with Crippen molar-refractivity contribution in [2.24, 2.45) is 5.92 Å². The summed E-state index contributed by atoms with van der Waals surface area (Å²) >= 11 is 0. The molecule has 0 aliphatic carbocycles. The van der Waals surface area contributed by atoms with Gasteiger partial charge in [-0.05, 0) is 31.4 Å². The van der Waals surface area contributed by atoms with E-state index in [0.29, 0.717) is 18.5 Å². The minimum Gasteiger partial charge on any atom is -0.481 e. The van der Waals surface area contributed by atoms with Crippen LogP contribution in [0.15, 0.2) is 36.7 Å². The molecule has 2 aromatic rings. The number of hydrogen-bond donors (Lipinski definition) is 2. The van der Waals surface area contributed by atoms with Crippen molar-refractivity contribution in [2.45, 2.75) is 26.8 Å². The van der Waals surface area contributed by atoms with Crippen LogP contribution in [0.4, 0.5) is 0 Å². The summed E-state index contributed by atoms with van der Waals surface area (Å²) in [6.07, 6.45) is 3.51. The van der Waals surface area contributed by atoms with Gasteiger partial charge in [-0.25, -0.2) is 0 Å². The molecule has 2 rings (SSSR count). The first-order chi connectivity index (χ1) is 11.0. The van der Waals surface area contributed by atoms with Crippen molar-refractivity contribution >= 4 is 11.9 Å². The number of carbonyl (C=O) groups is 2. The third-order valence-corrected chi connectivity index (χ3v) is 3.81. The van der Waals surface area contributed by atoms with Crippen LogP contribution in [0.3, 0.4) is 0 Å². The summed E-state index contributed by atoms with van der Waals surface area (Å²) in [4.78, 5) is 23.5. The van der Waals surface area contributed by atoms with Gasteiger partial charge >= 0.3 is 5.97 Å². The summed E-state index contributed by atoms with van der Waals surface area (Å²) < 4.78 is 1.65. The molecule has 0 bridgehead atoms. The second-order valence-corrected chi connectivity index (χ2v) is 5.46. The molecule has 0 unspecified atom stereocenters. The Morgan fingerprint density at radius 3 is 2.70 bits per heavy atom. The van der Waals surface area contributed by atoms with E-state index < -0.39 is 11.9 Å². The number of nitrogens with one attached hydrogen (secondary N) is 1. The van der Waals surface area contributed by atoms with E-state index in [2.05, 4.69) is 10.4 Å². The second-order valence-electron chi connectivity index (χ2n) is 5.46. The third-order valence-electron chi connectivity index (χ3n) is 3.81. The molecule has 0 aliphatic heterocycles. The van der Waals surface area contributed by atoms with E-state index in [4.69, 9.17) is 0 Å². The van der Waals surface area contributed by atoms with Crippen molar-refractivity contribution in [1.29, 1.82) is 0 Å². The molecule has 0 radical (unpaired) electrons. The number of benzene rings is 1. The SMILES string of the molecule is CCn1cc(C(=O)NC[C@H](Cc2ccccc2C)C(=O)O)cn1. The highest BCUT2D eigenvalue weighted by Gasteiger charge is 2.20. The molecule has 0 saturated heterocycles. The van der Waals surface area contributed by atoms with Gasteiger partial charge in [0, 0.05) is 19.3 Å². The molecule has 0 saturated carbocycles.